The summed E-state index contributed by atoms with van der Waals surface area (Å²) in [6.07, 6.45) is 2.09. The Bertz CT molecular complexity index is 608. The molecule has 0 saturated carbocycles. The molecule has 0 bridgehead atoms. The summed E-state index contributed by atoms with van der Waals surface area (Å²) in [5.41, 5.74) is 4.96. The Hall–Kier alpha value is -0.500. The third kappa shape index (κ3) is 3.39. The lowest BCUT2D eigenvalue weighted by Gasteiger charge is -2.14. The van der Waals surface area contributed by atoms with Crippen LogP contribution in [0, 0.1) is 0 Å². The largest absolute Gasteiger partial charge is 0.113 e. The zero-order valence-corrected chi connectivity index (χ0v) is 14.7. The number of alkyl halides is 1. The lowest BCUT2D eigenvalue weighted by molar-refractivity contribution is 1.02. The molecule has 0 fully saturated rings. The van der Waals surface area contributed by atoms with Gasteiger partial charge >= 0.3 is 0 Å². The standard InChI is InChI=1S/C17H17BrCl2/c1-3-11-5-6-13(9-12(11)4-2)17(20)14-7-8-16(19)15(18)10-14/h5-10,17H,3-4H2,1-2H3. The molecule has 0 aliphatic heterocycles. The molecule has 20 heavy (non-hydrogen) atoms. The summed E-state index contributed by atoms with van der Waals surface area (Å²) in [7, 11) is 0. The van der Waals surface area contributed by atoms with E-state index in [4.69, 9.17) is 23.2 Å². The van der Waals surface area contributed by atoms with E-state index in [9.17, 15) is 0 Å². The molecule has 106 valence electrons. The quantitative estimate of drug-likeness (QED) is 0.534. The lowest BCUT2D eigenvalue weighted by Crippen LogP contribution is -1.98. The molecule has 0 N–H and O–H groups in total. The highest BCUT2D eigenvalue weighted by molar-refractivity contribution is 9.10. The van der Waals surface area contributed by atoms with E-state index >= 15 is 0 Å². The van der Waals surface area contributed by atoms with Gasteiger partial charge in [-0.3, -0.25) is 0 Å². The Morgan fingerprint density at radius 2 is 1.55 bits per heavy atom. The predicted octanol–water partition coefficient (Wildman–Crippen LogP) is 6.56. The van der Waals surface area contributed by atoms with E-state index in [0.29, 0.717) is 5.02 Å². The summed E-state index contributed by atoms with van der Waals surface area (Å²) in [5, 5.41) is 0.549. The Balaban J connectivity index is 2.37. The Kier molecular flexibility index (Phi) is 5.54. The molecule has 0 spiro atoms. The zero-order chi connectivity index (χ0) is 14.7. The fourth-order valence-corrected chi connectivity index (χ4v) is 3.13. The Morgan fingerprint density at radius 1 is 0.950 bits per heavy atom. The van der Waals surface area contributed by atoms with E-state index in [2.05, 4.69) is 48.0 Å². The Morgan fingerprint density at radius 3 is 2.15 bits per heavy atom. The van der Waals surface area contributed by atoms with Crippen molar-refractivity contribution in [3.05, 3.63) is 68.1 Å². The molecule has 0 aliphatic carbocycles. The second-order valence-corrected chi connectivity index (χ2v) is 6.47. The van der Waals surface area contributed by atoms with Crippen LogP contribution in [0.1, 0.15) is 41.5 Å². The monoisotopic (exact) mass is 370 g/mol. The van der Waals surface area contributed by atoms with Gasteiger partial charge in [-0.2, -0.15) is 0 Å². The molecule has 3 heteroatoms. The highest BCUT2D eigenvalue weighted by atomic mass is 79.9. The number of hydrogen-bond donors (Lipinski definition) is 0. The fraction of sp³-hybridized carbons (Fsp3) is 0.294. The van der Waals surface area contributed by atoms with Crippen LogP contribution >= 0.6 is 39.1 Å². The van der Waals surface area contributed by atoms with Crippen molar-refractivity contribution in [3.63, 3.8) is 0 Å². The maximum absolute atomic E-state index is 6.62. The lowest BCUT2D eigenvalue weighted by atomic mass is 9.96. The van der Waals surface area contributed by atoms with Gasteiger partial charge in [0.1, 0.15) is 0 Å². The van der Waals surface area contributed by atoms with Crippen LogP contribution < -0.4 is 0 Å². The average Bonchev–Trinajstić information content (AvgIpc) is 2.48. The van der Waals surface area contributed by atoms with Crippen molar-refractivity contribution in [3.8, 4) is 0 Å². The maximum Gasteiger partial charge on any atom is 0.0835 e. The normalized spacial score (nSPS) is 12.4. The van der Waals surface area contributed by atoms with Crippen molar-refractivity contribution in [2.75, 3.05) is 0 Å². The summed E-state index contributed by atoms with van der Waals surface area (Å²) in [6, 6.07) is 12.4. The molecule has 0 amide bonds. The topological polar surface area (TPSA) is 0 Å². The first-order valence-electron chi connectivity index (χ1n) is 6.77. The van der Waals surface area contributed by atoms with Crippen molar-refractivity contribution in [1.82, 2.24) is 0 Å². The van der Waals surface area contributed by atoms with Gasteiger partial charge in [-0.15, -0.1) is 11.6 Å². The molecule has 1 unspecified atom stereocenters. The number of benzene rings is 2. The van der Waals surface area contributed by atoms with Gasteiger partial charge in [0.05, 0.1) is 10.4 Å². The molecule has 0 saturated heterocycles. The van der Waals surface area contributed by atoms with Gasteiger partial charge in [-0.1, -0.05) is 49.7 Å². The van der Waals surface area contributed by atoms with Crippen LogP contribution in [0.4, 0.5) is 0 Å². The van der Waals surface area contributed by atoms with Crippen LogP contribution in [-0.2, 0) is 12.8 Å². The summed E-state index contributed by atoms with van der Waals surface area (Å²) >= 11 is 16.1. The minimum atomic E-state index is -0.153. The molecular formula is C17H17BrCl2. The molecule has 0 aliphatic rings. The molecule has 2 aromatic rings. The number of aryl methyl sites for hydroxylation is 2. The highest BCUT2D eigenvalue weighted by Gasteiger charge is 2.13. The van der Waals surface area contributed by atoms with Gasteiger partial charge in [0.2, 0.25) is 0 Å². The van der Waals surface area contributed by atoms with Crippen LogP contribution in [0.25, 0.3) is 0 Å². The van der Waals surface area contributed by atoms with Gasteiger partial charge in [0, 0.05) is 4.47 Å². The fourth-order valence-electron chi connectivity index (χ4n) is 2.34. The van der Waals surface area contributed by atoms with Crippen LogP contribution in [0.2, 0.25) is 5.02 Å². The van der Waals surface area contributed by atoms with Crippen LogP contribution in [-0.4, -0.2) is 0 Å². The SMILES string of the molecule is CCc1ccc(C(Cl)c2ccc(Cl)c(Br)c2)cc1CC. The molecule has 2 rings (SSSR count). The molecule has 0 heterocycles. The number of hydrogen-bond acceptors (Lipinski definition) is 0. The molecule has 2 aromatic carbocycles. The van der Waals surface area contributed by atoms with Crippen molar-refractivity contribution in [2.45, 2.75) is 32.1 Å². The smallest absolute Gasteiger partial charge is 0.0835 e. The average molecular weight is 372 g/mol. The maximum atomic E-state index is 6.62. The molecule has 0 radical (unpaired) electrons. The van der Waals surface area contributed by atoms with Gasteiger partial charge in [-0.25, -0.2) is 0 Å². The van der Waals surface area contributed by atoms with E-state index < -0.39 is 0 Å². The summed E-state index contributed by atoms with van der Waals surface area (Å²) < 4.78 is 0.878. The van der Waals surface area contributed by atoms with Gasteiger partial charge in [0.25, 0.3) is 0 Å². The third-order valence-corrected chi connectivity index (χ3v) is 5.24. The minimum absolute atomic E-state index is 0.153. The predicted molar refractivity (Wildman–Crippen MR) is 92.0 cm³/mol. The third-order valence-electron chi connectivity index (χ3n) is 3.52. The molecule has 1 atom stereocenters. The summed E-state index contributed by atoms with van der Waals surface area (Å²) in [4.78, 5) is 0. The molecular weight excluding hydrogens is 355 g/mol. The van der Waals surface area contributed by atoms with E-state index in [0.717, 1.165) is 28.4 Å². The van der Waals surface area contributed by atoms with Crippen molar-refractivity contribution >= 4 is 39.1 Å². The van der Waals surface area contributed by atoms with Crippen LogP contribution in [0.5, 0.6) is 0 Å². The van der Waals surface area contributed by atoms with E-state index in [-0.39, 0.29) is 5.38 Å². The van der Waals surface area contributed by atoms with Gasteiger partial charge in [0.15, 0.2) is 0 Å². The van der Waals surface area contributed by atoms with Gasteiger partial charge < -0.3 is 0 Å². The van der Waals surface area contributed by atoms with E-state index in [1.165, 1.54) is 11.1 Å². The van der Waals surface area contributed by atoms with Crippen molar-refractivity contribution in [1.29, 1.82) is 0 Å². The number of rotatable bonds is 4. The molecule has 0 aromatic heterocycles. The first-order valence-corrected chi connectivity index (χ1v) is 8.38. The van der Waals surface area contributed by atoms with Crippen molar-refractivity contribution in [2.24, 2.45) is 0 Å². The highest BCUT2D eigenvalue weighted by Crippen LogP contribution is 2.34. The van der Waals surface area contributed by atoms with Crippen molar-refractivity contribution < 1.29 is 0 Å². The number of halogens is 3. The summed E-state index contributed by atoms with van der Waals surface area (Å²) in [5.74, 6) is 0. The van der Waals surface area contributed by atoms with Crippen LogP contribution in [0.3, 0.4) is 0 Å². The first kappa shape index (κ1) is 15.9. The zero-order valence-electron chi connectivity index (χ0n) is 11.6. The Labute approximate surface area is 139 Å². The second-order valence-electron chi connectivity index (χ2n) is 4.77. The second kappa shape index (κ2) is 6.98. The summed E-state index contributed by atoms with van der Waals surface area (Å²) in [6.45, 7) is 4.36. The minimum Gasteiger partial charge on any atom is -0.113 e. The molecule has 0 nitrogen and oxygen atoms in total. The van der Waals surface area contributed by atoms with Crippen LogP contribution in [0.15, 0.2) is 40.9 Å². The van der Waals surface area contributed by atoms with E-state index in [1.807, 2.05) is 18.2 Å². The van der Waals surface area contributed by atoms with E-state index in [1.54, 1.807) is 0 Å². The van der Waals surface area contributed by atoms with Gasteiger partial charge in [-0.05, 0) is 63.2 Å². The first-order chi connectivity index (χ1) is 9.56.